The highest BCUT2D eigenvalue weighted by atomic mass is 79.9. The molecular weight excluding hydrogens is 312 g/mol. The first kappa shape index (κ1) is 13.3. The Bertz CT molecular complexity index is 725. The van der Waals surface area contributed by atoms with Crippen molar-refractivity contribution in [3.8, 4) is 0 Å². The summed E-state index contributed by atoms with van der Waals surface area (Å²) in [5, 5.41) is 2.42. The number of hydrazine groups is 1. The lowest BCUT2D eigenvalue weighted by Gasteiger charge is -2.17. The molecule has 0 aromatic heterocycles. The SMILES string of the molecule is NNC(c1ccccc1)c1ccc2cc(Br)ccc2c1. The minimum absolute atomic E-state index is 0.00393. The quantitative estimate of drug-likeness (QED) is 0.560. The average molecular weight is 327 g/mol. The number of benzene rings is 3. The summed E-state index contributed by atoms with van der Waals surface area (Å²) in [5.41, 5.74) is 5.22. The monoisotopic (exact) mass is 326 g/mol. The highest BCUT2D eigenvalue weighted by molar-refractivity contribution is 9.10. The zero-order valence-electron chi connectivity index (χ0n) is 10.9. The molecule has 0 bridgehead atoms. The van der Waals surface area contributed by atoms with Crippen LogP contribution < -0.4 is 11.3 Å². The van der Waals surface area contributed by atoms with E-state index in [2.05, 4.69) is 69.9 Å². The summed E-state index contributed by atoms with van der Waals surface area (Å²) in [4.78, 5) is 0. The van der Waals surface area contributed by atoms with E-state index < -0.39 is 0 Å². The van der Waals surface area contributed by atoms with E-state index in [0.29, 0.717) is 0 Å². The van der Waals surface area contributed by atoms with Gasteiger partial charge >= 0.3 is 0 Å². The minimum Gasteiger partial charge on any atom is -0.271 e. The molecule has 2 nitrogen and oxygen atoms in total. The predicted molar refractivity (Wildman–Crippen MR) is 87.3 cm³/mol. The van der Waals surface area contributed by atoms with Crippen LogP contribution in [0, 0.1) is 0 Å². The summed E-state index contributed by atoms with van der Waals surface area (Å²) in [7, 11) is 0. The van der Waals surface area contributed by atoms with Crippen LogP contribution in [-0.4, -0.2) is 0 Å². The van der Waals surface area contributed by atoms with Gasteiger partial charge in [-0.1, -0.05) is 64.5 Å². The summed E-state index contributed by atoms with van der Waals surface area (Å²) in [5.74, 6) is 5.75. The summed E-state index contributed by atoms with van der Waals surface area (Å²) >= 11 is 3.50. The maximum atomic E-state index is 5.75. The van der Waals surface area contributed by atoms with Crippen LogP contribution in [0.5, 0.6) is 0 Å². The van der Waals surface area contributed by atoms with E-state index in [9.17, 15) is 0 Å². The number of rotatable bonds is 3. The van der Waals surface area contributed by atoms with Gasteiger partial charge in [0.2, 0.25) is 0 Å². The van der Waals surface area contributed by atoms with Gasteiger partial charge < -0.3 is 0 Å². The molecule has 1 unspecified atom stereocenters. The molecule has 0 aliphatic carbocycles. The molecule has 3 rings (SSSR count). The third kappa shape index (κ3) is 2.61. The van der Waals surface area contributed by atoms with Crippen molar-refractivity contribution in [1.29, 1.82) is 0 Å². The van der Waals surface area contributed by atoms with Crippen LogP contribution in [0.15, 0.2) is 71.2 Å². The molecule has 3 heteroatoms. The third-order valence-corrected chi connectivity index (χ3v) is 3.95. The Hall–Kier alpha value is -1.68. The maximum absolute atomic E-state index is 5.75. The molecule has 0 amide bonds. The molecule has 3 N–H and O–H groups in total. The Kier molecular flexibility index (Phi) is 3.83. The number of halogens is 1. The molecule has 0 aliphatic rings. The van der Waals surface area contributed by atoms with E-state index in [1.54, 1.807) is 0 Å². The standard InChI is InChI=1S/C17H15BrN2/c18-16-9-8-13-10-15(7-6-14(13)11-16)17(20-19)12-4-2-1-3-5-12/h1-11,17,20H,19H2. The number of fused-ring (bicyclic) bond motifs is 1. The van der Waals surface area contributed by atoms with Gasteiger partial charge in [0.15, 0.2) is 0 Å². The first-order chi connectivity index (χ1) is 9.78. The Labute approximate surface area is 126 Å². The van der Waals surface area contributed by atoms with Crippen molar-refractivity contribution in [3.63, 3.8) is 0 Å². The Morgan fingerprint density at radius 1 is 0.800 bits per heavy atom. The lowest BCUT2D eigenvalue weighted by molar-refractivity contribution is 0.637. The van der Waals surface area contributed by atoms with E-state index in [4.69, 9.17) is 5.84 Å². The molecule has 0 fully saturated rings. The van der Waals surface area contributed by atoms with Crippen molar-refractivity contribution in [1.82, 2.24) is 5.43 Å². The first-order valence-corrected chi connectivity index (χ1v) is 7.27. The zero-order chi connectivity index (χ0) is 13.9. The Morgan fingerprint density at radius 2 is 1.50 bits per heavy atom. The molecule has 20 heavy (non-hydrogen) atoms. The van der Waals surface area contributed by atoms with Gasteiger partial charge in [0, 0.05) is 4.47 Å². The van der Waals surface area contributed by atoms with Crippen LogP contribution in [0.1, 0.15) is 17.2 Å². The van der Waals surface area contributed by atoms with Gasteiger partial charge in [-0.3, -0.25) is 5.84 Å². The van der Waals surface area contributed by atoms with E-state index in [1.165, 1.54) is 10.8 Å². The van der Waals surface area contributed by atoms with Crippen molar-refractivity contribution in [2.75, 3.05) is 0 Å². The number of nitrogens with two attached hydrogens (primary N) is 1. The molecule has 1 atom stereocenters. The van der Waals surface area contributed by atoms with Crippen molar-refractivity contribution >= 4 is 26.7 Å². The van der Waals surface area contributed by atoms with Gasteiger partial charge in [-0.05, 0) is 40.1 Å². The van der Waals surface area contributed by atoms with Crippen LogP contribution in [0.2, 0.25) is 0 Å². The summed E-state index contributed by atoms with van der Waals surface area (Å²) in [6.07, 6.45) is 0. The average Bonchev–Trinajstić information content (AvgIpc) is 2.49. The van der Waals surface area contributed by atoms with Gasteiger partial charge in [-0.25, -0.2) is 5.43 Å². The highest BCUT2D eigenvalue weighted by Gasteiger charge is 2.12. The number of hydrogen-bond donors (Lipinski definition) is 2. The van der Waals surface area contributed by atoms with Crippen LogP contribution >= 0.6 is 15.9 Å². The van der Waals surface area contributed by atoms with E-state index >= 15 is 0 Å². The van der Waals surface area contributed by atoms with Crippen LogP contribution in [0.3, 0.4) is 0 Å². The number of hydrogen-bond acceptors (Lipinski definition) is 2. The van der Waals surface area contributed by atoms with Crippen LogP contribution in [0.25, 0.3) is 10.8 Å². The maximum Gasteiger partial charge on any atom is 0.0710 e. The van der Waals surface area contributed by atoms with Crippen molar-refractivity contribution in [2.24, 2.45) is 5.84 Å². The second-order valence-electron chi connectivity index (χ2n) is 4.76. The topological polar surface area (TPSA) is 38.0 Å². The molecule has 0 saturated heterocycles. The van der Waals surface area contributed by atoms with Gasteiger partial charge in [0.25, 0.3) is 0 Å². The molecule has 0 spiro atoms. The Balaban J connectivity index is 2.06. The fourth-order valence-electron chi connectivity index (χ4n) is 2.45. The molecular formula is C17H15BrN2. The summed E-state index contributed by atoms with van der Waals surface area (Å²) < 4.78 is 1.09. The molecule has 0 heterocycles. The van der Waals surface area contributed by atoms with E-state index in [1.807, 2.05) is 18.2 Å². The van der Waals surface area contributed by atoms with Gasteiger partial charge in [0.1, 0.15) is 0 Å². The predicted octanol–water partition coefficient (Wildman–Crippen LogP) is 4.16. The first-order valence-electron chi connectivity index (χ1n) is 6.48. The number of nitrogens with one attached hydrogen (secondary N) is 1. The highest BCUT2D eigenvalue weighted by Crippen LogP contribution is 2.26. The van der Waals surface area contributed by atoms with Crippen molar-refractivity contribution < 1.29 is 0 Å². The van der Waals surface area contributed by atoms with Crippen molar-refractivity contribution in [2.45, 2.75) is 6.04 Å². The summed E-state index contributed by atoms with van der Waals surface area (Å²) in [6.45, 7) is 0. The van der Waals surface area contributed by atoms with Gasteiger partial charge in [-0.15, -0.1) is 0 Å². The molecule has 0 saturated carbocycles. The van der Waals surface area contributed by atoms with Crippen LogP contribution in [-0.2, 0) is 0 Å². The molecule has 100 valence electrons. The lowest BCUT2D eigenvalue weighted by Crippen LogP contribution is -2.28. The smallest absolute Gasteiger partial charge is 0.0710 e. The third-order valence-electron chi connectivity index (χ3n) is 3.46. The Morgan fingerprint density at radius 3 is 2.25 bits per heavy atom. The van der Waals surface area contributed by atoms with Crippen molar-refractivity contribution in [3.05, 3.63) is 82.3 Å². The second kappa shape index (κ2) is 5.75. The molecule has 3 aromatic carbocycles. The zero-order valence-corrected chi connectivity index (χ0v) is 12.5. The minimum atomic E-state index is 0.00393. The van der Waals surface area contributed by atoms with E-state index in [-0.39, 0.29) is 6.04 Å². The lowest BCUT2D eigenvalue weighted by atomic mass is 9.97. The fourth-order valence-corrected chi connectivity index (χ4v) is 2.82. The molecule has 0 radical (unpaired) electrons. The van der Waals surface area contributed by atoms with Gasteiger partial charge in [0.05, 0.1) is 6.04 Å². The largest absolute Gasteiger partial charge is 0.271 e. The fraction of sp³-hybridized carbons (Fsp3) is 0.0588. The normalized spacial score (nSPS) is 12.5. The molecule has 0 aliphatic heterocycles. The van der Waals surface area contributed by atoms with E-state index in [0.717, 1.165) is 15.6 Å². The molecule has 3 aromatic rings. The summed E-state index contributed by atoms with van der Waals surface area (Å²) in [6, 6.07) is 22.9. The van der Waals surface area contributed by atoms with Crippen LogP contribution in [0.4, 0.5) is 0 Å². The second-order valence-corrected chi connectivity index (χ2v) is 5.68. The van der Waals surface area contributed by atoms with Gasteiger partial charge in [-0.2, -0.15) is 0 Å².